The van der Waals surface area contributed by atoms with E-state index in [-0.39, 0.29) is 11.9 Å². The summed E-state index contributed by atoms with van der Waals surface area (Å²) >= 11 is 1.49. The Hall–Kier alpha value is -2.53. The molecular weight excluding hydrogens is 354 g/mol. The molecule has 3 aromatic rings. The third-order valence-corrected chi connectivity index (χ3v) is 5.30. The number of benzene rings is 2. The van der Waals surface area contributed by atoms with Gasteiger partial charge in [0.2, 0.25) is 5.91 Å². The largest absolute Gasteiger partial charge is 0.348 e. The van der Waals surface area contributed by atoms with E-state index >= 15 is 0 Å². The Kier molecular flexibility index (Phi) is 7.11. The van der Waals surface area contributed by atoms with E-state index < -0.39 is 0 Å². The van der Waals surface area contributed by atoms with Gasteiger partial charge in [-0.3, -0.25) is 4.79 Å². The molecule has 0 aliphatic heterocycles. The molecule has 1 unspecified atom stereocenters. The zero-order valence-electron chi connectivity index (χ0n) is 15.5. The van der Waals surface area contributed by atoms with E-state index in [1.54, 1.807) is 6.20 Å². The Bertz CT molecular complexity index is 833. The second kappa shape index (κ2) is 9.97. The number of thioether (sulfide) groups is 1. The molecule has 2 aromatic carbocycles. The molecule has 5 heteroatoms. The van der Waals surface area contributed by atoms with Crippen molar-refractivity contribution in [1.82, 2.24) is 14.9 Å². The van der Waals surface area contributed by atoms with E-state index in [1.165, 1.54) is 17.3 Å². The number of carbonyl (C=O) groups is 1. The van der Waals surface area contributed by atoms with E-state index in [4.69, 9.17) is 0 Å². The first-order valence-electron chi connectivity index (χ1n) is 9.28. The van der Waals surface area contributed by atoms with Crippen molar-refractivity contribution in [1.29, 1.82) is 0 Å². The van der Waals surface area contributed by atoms with Gasteiger partial charge in [-0.1, -0.05) is 79.3 Å². The standard InChI is InChI=1S/C22H25N3OS/c1-2-14-25-15-13-23-22(25)27-17-21(26)24-20(19-11-7-4-8-12-19)16-18-9-5-3-6-10-18/h3-13,15,20H,2,14,16-17H2,1H3,(H,24,26). The SMILES string of the molecule is CCCn1ccnc1SCC(=O)NC(Cc1ccccc1)c1ccccc1. The van der Waals surface area contributed by atoms with Gasteiger partial charge in [0.15, 0.2) is 5.16 Å². The van der Waals surface area contributed by atoms with Gasteiger partial charge in [-0.15, -0.1) is 0 Å². The van der Waals surface area contributed by atoms with E-state index in [9.17, 15) is 4.79 Å². The van der Waals surface area contributed by atoms with Crippen LogP contribution in [0.15, 0.2) is 78.2 Å². The highest BCUT2D eigenvalue weighted by Gasteiger charge is 2.16. The van der Waals surface area contributed by atoms with Crippen LogP contribution in [0.25, 0.3) is 0 Å². The van der Waals surface area contributed by atoms with Crippen LogP contribution in [0.5, 0.6) is 0 Å². The number of carbonyl (C=O) groups excluding carboxylic acids is 1. The molecule has 140 valence electrons. The molecule has 1 atom stereocenters. The van der Waals surface area contributed by atoms with Crippen molar-refractivity contribution in [3.8, 4) is 0 Å². The Morgan fingerprint density at radius 3 is 2.52 bits per heavy atom. The van der Waals surface area contributed by atoms with Gasteiger partial charge in [0.1, 0.15) is 0 Å². The first kappa shape index (κ1) is 19.2. The molecule has 27 heavy (non-hydrogen) atoms. The van der Waals surface area contributed by atoms with Crippen LogP contribution in [0.2, 0.25) is 0 Å². The second-order valence-corrected chi connectivity index (χ2v) is 7.35. The lowest BCUT2D eigenvalue weighted by atomic mass is 9.99. The van der Waals surface area contributed by atoms with Gasteiger partial charge < -0.3 is 9.88 Å². The van der Waals surface area contributed by atoms with Crippen molar-refractivity contribution < 1.29 is 4.79 Å². The molecule has 0 fully saturated rings. The quantitative estimate of drug-likeness (QED) is 0.558. The molecular formula is C22H25N3OS. The summed E-state index contributed by atoms with van der Waals surface area (Å²) in [7, 11) is 0. The van der Waals surface area contributed by atoms with Gasteiger partial charge in [-0.2, -0.15) is 0 Å². The summed E-state index contributed by atoms with van der Waals surface area (Å²) in [5, 5.41) is 4.09. The maximum absolute atomic E-state index is 12.6. The first-order chi connectivity index (χ1) is 13.3. The van der Waals surface area contributed by atoms with Gasteiger partial charge >= 0.3 is 0 Å². The van der Waals surface area contributed by atoms with Crippen LogP contribution in [-0.2, 0) is 17.8 Å². The maximum Gasteiger partial charge on any atom is 0.230 e. The third-order valence-electron chi connectivity index (χ3n) is 4.29. The number of nitrogens with one attached hydrogen (secondary N) is 1. The normalized spacial score (nSPS) is 11.9. The lowest BCUT2D eigenvalue weighted by molar-refractivity contribution is -0.119. The minimum atomic E-state index is -0.0444. The molecule has 1 heterocycles. The van der Waals surface area contributed by atoms with Crippen molar-refractivity contribution in [2.75, 3.05) is 5.75 Å². The maximum atomic E-state index is 12.6. The molecule has 0 radical (unpaired) electrons. The molecule has 0 spiro atoms. The van der Waals surface area contributed by atoms with Gasteiger partial charge in [-0.05, 0) is 24.0 Å². The zero-order chi connectivity index (χ0) is 18.9. The summed E-state index contributed by atoms with van der Waals surface area (Å²) in [6, 6.07) is 20.4. The van der Waals surface area contributed by atoms with Crippen LogP contribution in [0.1, 0.15) is 30.5 Å². The lowest BCUT2D eigenvalue weighted by Crippen LogP contribution is -2.31. The molecule has 0 bridgehead atoms. The van der Waals surface area contributed by atoms with E-state index in [2.05, 4.69) is 46.1 Å². The first-order valence-corrected chi connectivity index (χ1v) is 10.3. The summed E-state index contributed by atoms with van der Waals surface area (Å²) in [4.78, 5) is 17.0. The Morgan fingerprint density at radius 1 is 1.11 bits per heavy atom. The fraction of sp³-hybridized carbons (Fsp3) is 0.273. The molecule has 4 nitrogen and oxygen atoms in total. The Labute approximate surface area is 165 Å². The van der Waals surface area contributed by atoms with Crippen LogP contribution in [0, 0.1) is 0 Å². The predicted molar refractivity (Wildman–Crippen MR) is 111 cm³/mol. The summed E-state index contributed by atoms with van der Waals surface area (Å²) < 4.78 is 2.09. The number of aryl methyl sites for hydroxylation is 1. The molecule has 0 aliphatic carbocycles. The molecule has 3 rings (SSSR count). The molecule has 0 aliphatic rings. The number of imidazole rings is 1. The second-order valence-electron chi connectivity index (χ2n) is 6.41. The van der Waals surface area contributed by atoms with Crippen molar-refractivity contribution in [3.63, 3.8) is 0 Å². The van der Waals surface area contributed by atoms with Gasteiger partial charge in [0.25, 0.3) is 0 Å². The van der Waals surface area contributed by atoms with E-state index in [0.717, 1.165) is 30.1 Å². The number of hydrogen-bond acceptors (Lipinski definition) is 3. The average Bonchev–Trinajstić information content (AvgIpc) is 3.15. The zero-order valence-corrected chi connectivity index (χ0v) is 16.4. The summed E-state index contributed by atoms with van der Waals surface area (Å²) in [5.41, 5.74) is 2.32. The average molecular weight is 380 g/mol. The highest BCUT2D eigenvalue weighted by atomic mass is 32.2. The van der Waals surface area contributed by atoms with Gasteiger partial charge in [0.05, 0.1) is 11.8 Å². The minimum Gasteiger partial charge on any atom is -0.348 e. The monoisotopic (exact) mass is 379 g/mol. The van der Waals surface area contributed by atoms with E-state index in [0.29, 0.717) is 5.75 Å². The molecule has 0 saturated carbocycles. The van der Waals surface area contributed by atoms with Crippen molar-refractivity contribution in [2.45, 2.75) is 37.5 Å². The summed E-state index contributed by atoms with van der Waals surface area (Å²) in [6.45, 7) is 3.06. The molecule has 1 N–H and O–H groups in total. The van der Waals surface area contributed by atoms with Crippen LogP contribution in [0.4, 0.5) is 0 Å². The van der Waals surface area contributed by atoms with Crippen LogP contribution in [-0.4, -0.2) is 21.2 Å². The molecule has 0 saturated heterocycles. The smallest absolute Gasteiger partial charge is 0.230 e. The number of nitrogens with zero attached hydrogens (tertiary/aromatic N) is 2. The Morgan fingerprint density at radius 2 is 1.81 bits per heavy atom. The summed E-state index contributed by atoms with van der Waals surface area (Å²) in [6.07, 6.45) is 5.57. The number of hydrogen-bond donors (Lipinski definition) is 1. The van der Waals surface area contributed by atoms with Crippen molar-refractivity contribution >= 4 is 17.7 Å². The predicted octanol–water partition coefficient (Wildman–Crippen LogP) is 4.49. The minimum absolute atomic E-state index is 0.0239. The van der Waals surface area contributed by atoms with Gasteiger partial charge in [-0.25, -0.2) is 4.98 Å². The highest BCUT2D eigenvalue weighted by molar-refractivity contribution is 7.99. The third kappa shape index (κ3) is 5.73. The topological polar surface area (TPSA) is 46.9 Å². The van der Waals surface area contributed by atoms with Crippen LogP contribution in [0.3, 0.4) is 0 Å². The van der Waals surface area contributed by atoms with Gasteiger partial charge in [0, 0.05) is 18.9 Å². The van der Waals surface area contributed by atoms with Crippen LogP contribution < -0.4 is 5.32 Å². The molecule has 1 amide bonds. The summed E-state index contributed by atoms with van der Waals surface area (Å²) in [5.74, 6) is 0.384. The number of amides is 1. The van der Waals surface area contributed by atoms with E-state index in [1.807, 2.05) is 42.6 Å². The van der Waals surface area contributed by atoms with Crippen LogP contribution >= 0.6 is 11.8 Å². The van der Waals surface area contributed by atoms with Crippen molar-refractivity contribution in [2.24, 2.45) is 0 Å². The number of aromatic nitrogens is 2. The fourth-order valence-electron chi connectivity index (χ4n) is 3.00. The fourth-order valence-corrected chi connectivity index (χ4v) is 3.80. The molecule has 1 aromatic heterocycles. The highest BCUT2D eigenvalue weighted by Crippen LogP contribution is 2.20. The number of rotatable bonds is 9. The van der Waals surface area contributed by atoms with Crippen molar-refractivity contribution in [3.05, 3.63) is 84.2 Å². The Balaban J connectivity index is 1.64. The lowest BCUT2D eigenvalue weighted by Gasteiger charge is -2.19.